The molecule has 1 aromatic heterocycles. The molecule has 0 unspecified atom stereocenters. The Hall–Kier alpha value is -1.88. The largest absolute Gasteiger partial charge is 0.450 e. The molecule has 1 saturated heterocycles. The Kier molecular flexibility index (Phi) is 9.15. The molecule has 1 fully saturated rings. The molecular formula is C20H28IN5O2S. The number of hydrogen-bond donors (Lipinski definition) is 2. The van der Waals surface area contributed by atoms with Gasteiger partial charge in [-0.2, -0.15) is 0 Å². The van der Waals surface area contributed by atoms with E-state index in [1.54, 1.807) is 16.2 Å². The third-order valence-corrected chi connectivity index (χ3v) is 5.87. The second-order valence-corrected chi connectivity index (χ2v) is 7.78. The van der Waals surface area contributed by atoms with Crippen LogP contribution in [0.15, 0.2) is 35.3 Å². The van der Waals surface area contributed by atoms with Gasteiger partial charge in [0, 0.05) is 29.6 Å². The molecule has 9 heteroatoms. The molecule has 0 spiro atoms. The van der Waals surface area contributed by atoms with Crippen LogP contribution in [-0.2, 0) is 11.3 Å². The molecule has 2 aromatic rings. The Balaban J connectivity index is 0.00000300. The first kappa shape index (κ1) is 23.4. The van der Waals surface area contributed by atoms with Crippen LogP contribution in [0.3, 0.4) is 0 Å². The molecule has 0 atom stereocenters. The van der Waals surface area contributed by atoms with Crippen molar-refractivity contribution in [1.29, 1.82) is 0 Å². The Morgan fingerprint density at radius 3 is 2.69 bits per heavy atom. The summed E-state index contributed by atoms with van der Waals surface area (Å²) in [6, 6.07) is 10.4. The lowest BCUT2D eigenvalue weighted by Gasteiger charge is -2.31. The number of rotatable bonds is 5. The first-order chi connectivity index (χ1) is 13.6. The van der Waals surface area contributed by atoms with Gasteiger partial charge in [-0.25, -0.2) is 14.8 Å². The van der Waals surface area contributed by atoms with Crippen LogP contribution in [0.5, 0.6) is 0 Å². The maximum atomic E-state index is 11.8. The van der Waals surface area contributed by atoms with Crippen LogP contribution >= 0.6 is 35.3 Å². The Bertz CT molecular complexity index is 820. The van der Waals surface area contributed by atoms with Gasteiger partial charge in [-0.3, -0.25) is 0 Å². The summed E-state index contributed by atoms with van der Waals surface area (Å²) in [5.41, 5.74) is 8.19. The summed E-state index contributed by atoms with van der Waals surface area (Å²) in [4.78, 5) is 23.7. The van der Waals surface area contributed by atoms with Gasteiger partial charge >= 0.3 is 6.09 Å². The number of thiazole rings is 1. The van der Waals surface area contributed by atoms with Crippen molar-refractivity contribution in [3.05, 3.63) is 40.9 Å². The fraction of sp³-hybridized carbons (Fsp3) is 0.450. The number of carbonyl (C=O) groups excluding carboxylic acids is 1. The van der Waals surface area contributed by atoms with Crippen molar-refractivity contribution in [3.8, 4) is 10.6 Å². The third-order valence-electron chi connectivity index (χ3n) is 4.68. The summed E-state index contributed by atoms with van der Waals surface area (Å²) in [6.45, 7) is 6.06. The van der Waals surface area contributed by atoms with Crippen LogP contribution in [0.2, 0.25) is 0 Å². The predicted molar refractivity (Wildman–Crippen MR) is 128 cm³/mol. The van der Waals surface area contributed by atoms with Crippen molar-refractivity contribution in [3.63, 3.8) is 0 Å². The number of piperidine rings is 1. The zero-order valence-electron chi connectivity index (χ0n) is 16.8. The molecule has 0 radical (unpaired) electrons. The normalized spacial score (nSPS) is 15.0. The van der Waals surface area contributed by atoms with Gasteiger partial charge in [0.25, 0.3) is 0 Å². The highest BCUT2D eigenvalue weighted by atomic mass is 127. The van der Waals surface area contributed by atoms with E-state index in [-0.39, 0.29) is 36.1 Å². The summed E-state index contributed by atoms with van der Waals surface area (Å²) in [5.74, 6) is 0.434. The SMILES string of the molecule is CCOC(=O)N1CCC(NC(N)=NCc2sc(-c3ccccc3)nc2C)CC1.I. The van der Waals surface area contributed by atoms with Crippen LogP contribution < -0.4 is 11.1 Å². The van der Waals surface area contributed by atoms with Crippen molar-refractivity contribution >= 4 is 47.4 Å². The first-order valence-electron chi connectivity index (χ1n) is 9.56. The molecule has 3 rings (SSSR count). The summed E-state index contributed by atoms with van der Waals surface area (Å²) in [5, 5.41) is 4.27. The molecule has 0 bridgehead atoms. The number of aromatic nitrogens is 1. The van der Waals surface area contributed by atoms with E-state index in [2.05, 4.69) is 27.4 Å². The number of nitrogens with zero attached hydrogens (tertiary/aromatic N) is 3. The number of aliphatic imine (C=N–C) groups is 1. The van der Waals surface area contributed by atoms with Gasteiger partial charge in [0.15, 0.2) is 5.96 Å². The quantitative estimate of drug-likeness (QED) is 0.350. The van der Waals surface area contributed by atoms with E-state index in [4.69, 9.17) is 10.5 Å². The van der Waals surface area contributed by atoms with E-state index < -0.39 is 0 Å². The van der Waals surface area contributed by atoms with E-state index >= 15 is 0 Å². The fourth-order valence-corrected chi connectivity index (χ4v) is 4.10. The number of nitrogens with one attached hydrogen (secondary N) is 1. The number of nitrogens with two attached hydrogens (primary N) is 1. The lowest BCUT2D eigenvalue weighted by molar-refractivity contribution is 0.0963. The van der Waals surface area contributed by atoms with E-state index in [0.717, 1.165) is 34.0 Å². The predicted octanol–water partition coefficient (Wildman–Crippen LogP) is 3.76. The van der Waals surface area contributed by atoms with Crippen molar-refractivity contribution in [1.82, 2.24) is 15.2 Å². The lowest BCUT2D eigenvalue weighted by atomic mass is 10.1. The Morgan fingerprint density at radius 1 is 1.34 bits per heavy atom. The van der Waals surface area contributed by atoms with E-state index in [0.29, 0.717) is 32.2 Å². The minimum Gasteiger partial charge on any atom is -0.450 e. The summed E-state index contributed by atoms with van der Waals surface area (Å²) >= 11 is 1.65. The zero-order chi connectivity index (χ0) is 19.9. The minimum absolute atomic E-state index is 0. The number of amides is 1. The summed E-state index contributed by atoms with van der Waals surface area (Å²) in [6.07, 6.45) is 1.41. The average molecular weight is 529 g/mol. The highest BCUT2D eigenvalue weighted by molar-refractivity contribution is 14.0. The molecular weight excluding hydrogens is 501 g/mol. The number of halogens is 1. The van der Waals surface area contributed by atoms with Gasteiger partial charge in [-0.05, 0) is 26.7 Å². The molecule has 158 valence electrons. The van der Waals surface area contributed by atoms with Crippen molar-refractivity contribution in [2.75, 3.05) is 19.7 Å². The van der Waals surface area contributed by atoms with E-state index in [1.165, 1.54) is 0 Å². The van der Waals surface area contributed by atoms with Crippen LogP contribution in [0.4, 0.5) is 4.79 Å². The fourth-order valence-electron chi connectivity index (χ4n) is 3.11. The number of hydrogen-bond acceptors (Lipinski definition) is 5. The van der Waals surface area contributed by atoms with Gasteiger partial charge < -0.3 is 20.7 Å². The molecule has 1 aliphatic rings. The van der Waals surface area contributed by atoms with E-state index in [9.17, 15) is 4.79 Å². The van der Waals surface area contributed by atoms with Crippen LogP contribution in [0.25, 0.3) is 10.6 Å². The van der Waals surface area contributed by atoms with Crippen molar-refractivity contribution < 1.29 is 9.53 Å². The number of aryl methyl sites for hydroxylation is 1. The molecule has 1 aromatic carbocycles. The molecule has 3 N–H and O–H groups in total. The maximum absolute atomic E-state index is 11.8. The second kappa shape index (κ2) is 11.3. The van der Waals surface area contributed by atoms with Gasteiger partial charge in [-0.15, -0.1) is 35.3 Å². The molecule has 7 nitrogen and oxygen atoms in total. The Labute approximate surface area is 192 Å². The molecule has 0 aliphatic carbocycles. The lowest BCUT2D eigenvalue weighted by Crippen LogP contribution is -2.48. The number of ether oxygens (including phenoxy) is 1. The third kappa shape index (κ3) is 6.56. The molecule has 1 aliphatic heterocycles. The summed E-state index contributed by atoms with van der Waals surface area (Å²) in [7, 11) is 0. The van der Waals surface area contributed by atoms with Crippen LogP contribution in [-0.4, -0.2) is 47.7 Å². The zero-order valence-corrected chi connectivity index (χ0v) is 19.9. The van der Waals surface area contributed by atoms with Crippen molar-refractivity contribution in [2.45, 2.75) is 39.3 Å². The minimum atomic E-state index is -0.238. The standard InChI is InChI=1S/C20H27N5O2S.HI/c1-3-27-20(26)25-11-9-16(10-12-25)24-19(21)22-13-17-14(2)23-18(28-17)15-7-5-4-6-8-15;/h4-8,16H,3,9-13H2,1-2H3,(H3,21,22,24);1H. The molecule has 0 saturated carbocycles. The highest BCUT2D eigenvalue weighted by Crippen LogP contribution is 2.28. The smallest absolute Gasteiger partial charge is 0.409 e. The number of benzene rings is 1. The van der Waals surface area contributed by atoms with Crippen LogP contribution in [0.1, 0.15) is 30.3 Å². The number of guanidine groups is 1. The van der Waals surface area contributed by atoms with Gasteiger partial charge in [0.1, 0.15) is 5.01 Å². The number of likely N-dealkylation sites (tertiary alicyclic amines) is 1. The highest BCUT2D eigenvalue weighted by Gasteiger charge is 2.23. The van der Waals surface area contributed by atoms with Crippen molar-refractivity contribution in [2.24, 2.45) is 10.7 Å². The molecule has 29 heavy (non-hydrogen) atoms. The van der Waals surface area contributed by atoms with Gasteiger partial charge in [0.2, 0.25) is 0 Å². The van der Waals surface area contributed by atoms with E-state index in [1.807, 2.05) is 32.0 Å². The summed E-state index contributed by atoms with van der Waals surface area (Å²) < 4.78 is 5.04. The Morgan fingerprint density at radius 2 is 2.03 bits per heavy atom. The van der Waals surface area contributed by atoms with Crippen LogP contribution in [0, 0.1) is 6.92 Å². The van der Waals surface area contributed by atoms with Gasteiger partial charge in [0.05, 0.1) is 18.8 Å². The maximum Gasteiger partial charge on any atom is 0.409 e. The number of carbonyl (C=O) groups is 1. The molecule has 1 amide bonds. The second-order valence-electron chi connectivity index (χ2n) is 6.70. The molecule has 2 heterocycles. The average Bonchev–Trinajstić information content (AvgIpc) is 3.08. The first-order valence-corrected chi connectivity index (χ1v) is 10.4. The topological polar surface area (TPSA) is 92.8 Å². The monoisotopic (exact) mass is 529 g/mol. The van der Waals surface area contributed by atoms with Gasteiger partial charge in [-0.1, -0.05) is 30.3 Å².